The van der Waals surface area contributed by atoms with Crippen LogP contribution in [-0.2, 0) is 0 Å². The third kappa shape index (κ3) is 2.01. The van der Waals surface area contributed by atoms with Crippen LogP contribution >= 0.6 is 33.9 Å². The zero-order chi connectivity index (χ0) is 15.6. The highest BCUT2D eigenvalue weighted by Crippen LogP contribution is 2.41. The third-order valence-electron chi connectivity index (χ3n) is 4.55. The van der Waals surface area contributed by atoms with E-state index in [2.05, 4.69) is 90.2 Å². The normalized spacial score (nSPS) is 11.9. The molecule has 5 aromatic rings. The first kappa shape index (κ1) is 13.8. The molecule has 0 unspecified atom stereocenters. The lowest BCUT2D eigenvalue weighted by molar-refractivity contribution is 1.51. The van der Waals surface area contributed by atoms with Crippen molar-refractivity contribution in [1.82, 2.24) is 0 Å². The van der Waals surface area contributed by atoms with Gasteiger partial charge in [0.25, 0.3) is 0 Å². The second-order valence-electron chi connectivity index (χ2n) is 6.08. The van der Waals surface area contributed by atoms with Gasteiger partial charge in [-0.3, -0.25) is 0 Å². The summed E-state index contributed by atoms with van der Waals surface area (Å²) in [6, 6.07) is 22.6. The maximum atomic E-state index is 2.38. The number of rotatable bonds is 0. The molecule has 0 radical (unpaired) electrons. The maximum absolute atomic E-state index is 2.38. The van der Waals surface area contributed by atoms with Gasteiger partial charge < -0.3 is 0 Å². The second kappa shape index (κ2) is 4.92. The van der Waals surface area contributed by atoms with Crippen LogP contribution in [0.25, 0.3) is 41.7 Å². The Hall–Kier alpha value is -1.65. The summed E-state index contributed by atoms with van der Waals surface area (Å²) in [6.45, 7) is 2.16. The van der Waals surface area contributed by atoms with Crippen molar-refractivity contribution in [3.05, 3.63) is 69.8 Å². The lowest BCUT2D eigenvalue weighted by Gasteiger charge is -2.01. The number of halogens is 1. The van der Waals surface area contributed by atoms with Gasteiger partial charge in [0, 0.05) is 23.7 Å². The molecule has 0 amide bonds. The predicted octanol–water partition coefficient (Wildman–Crippen LogP) is 7.27. The summed E-state index contributed by atoms with van der Waals surface area (Å²) >= 11 is 4.31. The first-order valence-electron chi connectivity index (χ1n) is 7.64. The van der Waals surface area contributed by atoms with E-state index in [1.165, 1.54) is 50.9 Å². The number of aryl methyl sites for hydroxylation is 1. The molecule has 0 N–H and O–H groups in total. The molecule has 0 fully saturated rings. The predicted molar refractivity (Wildman–Crippen MR) is 112 cm³/mol. The quantitative estimate of drug-likeness (QED) is 0.229. The molecule has 1 heterocycles. The largest absolute Gasteiger partial charge is 0.134 e. The lowest BCUT2D eigenvalue weighted by atomic mass is 10.0. The van der Waals surface area contributed by atoms with E-state index in [1.807, 2.05) is 11.3 Å². The molecule has 2 heteroatoms. The lowest BCUT2D eigenvalue weighted by Crippen LogP contribution is -1.76. The molecular weight excluding hydrogens is 411 g/mol. The van der Waals surface area contributed by atoms with Crippen LogP contribution < -0.4 is 0 Å². The van der Waals surface area contributed by atoms with Crippen LogP contribution in [0.15, 0.2) is 60.7 Å². The molecule has 0 saturated heterocycles. The SMILES string of the molecule is Cc1ccc2c(ccc3c4ccc5cc(I)ccc5c4sc23)c1. The Bertz CT molecular complexity index is 1130. The van der Waals surface area contributed by atoms with Gasteiger partial charge in [0.05, 0.1) is 0 Å². The topological polar surface area (TPSA) is 0 Å². The van der Waals surface area contributed by atoms with Gasteiger partial charge in [0.15, 0.2) is 0 Å². The zero-order valence-corrected chi connectivity index (χ0v) is 15.5. The van der Waals surface area contributed by atoms with E-state index in [1.54, 1.807) is 0 Å². The van der Waals surface area contributed by atoms with Crippen molar-refractivity contribution in [3.8, 4) is 0 Å². The van der Waals surface area contributed by atoms with Crippen molar-refractivity contribution in [1.29, 1.82) is 0 Å². The molecular formula is C21H13IS. The van der Waals surface area contributed by atoms with E-state index in [4.69, 9.17) is 0 Å². The van der Waals surface area contributed by atoms with Gasteiger partial charge in [0.2, 0.25) is 0 Å². The van der Waals surface area contributed by atoms with Crippen LogP contribution in [0.1, 0.15) is 5.56 Å². The fourth-order valence-electron chi connectivity index (χ4n) is 3.44. The van der Waals surface area contributed by atoms with E-state index in [0.717, 1.165) is 0 Å². The summed E-state index contributed by atoms with van der Waals surface area (Å²) in [6.07, 6.45) is 0. The standard InChI is InChI=1S/C21H13IS/c1-12-2-6-16-13(10-12)3-7-18-19-8-4-14-11-15(22)5-9-17(14)21(19)23-20(16)18/h2-11H,1H3. The van der Waals surface area contributed by atoms with Crippen LogP contribution in [0.5, 0.6) is 0 Å². The van der Waals surface area contributed by atoms with Crippen molar-refractivity contribution in [2.45, 2.75) is 6.92 Å². The van der Waals surface area contributed by atoms with Crippen molar-refractivity contribution in [2.24, 2.45) is 0 Å². The summed E-state index contributed by atoms with van der Waals surface area (Å²) < 4.78 is 4.10. The number of hydrogen-bond acceptors (Lipinski definition) is 1. The van der Waals surface area contributed by atoms with Crippen LogP contribution in [-0.4, -0.2) is 0 Å². The van der Waals surface area contributed by atoms with Gasteiger partial charge in [-0.05, 0) is 63.2 Å². The number of benzene rings is 4. The highest BCUT2D eigenvalue weighted by molar-refractivity contribution is 14.1. The highest BCUT2D eigenvalue weighted by Gasteiger charge is 2.11. The molecule has 0 atom stereocenters. The highest BCUT2D eigenvalue weighted by atomic mass is 127. The molecule has 0 aliphatic rings. The summed E-state index contributed by atoms with van der Waals surface area (Å²) in [5, 5.41) is 8.15. The number of hydrogen-bond donors (Lipinski definition) is 0. The van der Waals surface area contributed by atoms with E-state index in [-0.39, 0.29) is 0 Å². The van der Waals surface area contributed by atoms with Crippen LogP contribution in [0, 0.1) is 10.5 Å². The Morgan fingerprint density at radius 2 is 1.22 bits per heavy atom. The zero-order valence-electron chi connectivity index (χ0n) is 12.6. The minimum Gasteiger partial charge on any atom is -0.134 e. The first-order chi connectivity index (χ1) is 11.2. The molecule has 23 heavy (non-hydrogen) atoms. The molecule has 4 aromatic carbocycles. The Labute approximate surface area is 151 Å². The Morgan fingerprint density at radius 1 is 0.652 bits per heavy atom. The van der Waals surface area contributed by atoms with Gasteiger partial charge in [-0.2, -0.15) is 0 Å². The Morgan fingerprint density at radius 3 is 1.91 bits per heavy atom. The third-order valence-corrected chi connectivity index (χ3v) is 6.51. The van der Waals surface area contributed by atoms with Gasteiger partial charge in [-0.1, -0.05) is 54.1 Å². The maximum Gasteiger partial charge on any atom is 0.0434 e. The Kier molecular flexibility index (Phi) is 2.94. The summed E-state index contributed by atoms with van der Waals surface area (Å²) in [5.74, 6) is 0. The average molecular weight is 424 g/mol. The summed E-state index contributed by atoms with van der Waals surface area (Å²) in [7, 11) is 0. The monoisotopic (exact) mass is 424 g/mol. The van der Waals surface area contributed by atoms with Gasteiger partial charge in [-0.15, -0.1) is 11.3 Å². The number of thiophene rings is 1. The fraction of sp³-hybridized carbons (Fsp3) is 0.0476. The molecule has 0 aliphatic heterocycles. The van der Waals surface area contributed by atoms with Crippen molar-refractivity contribution < 1.29 is 0 Å². The van der Waals surface area contributed by atoms with E-state index < -0.39 is 0 Å². The minimum atomic E-state index is 1.29. The minimum absolute atomic E-state index is 1.29. The van der Waals surface area contributed by atoms with Crippen LogP contribution in [0.2, 0.25) is 0 Å². The van der Waals surface area contributed by atoms with Crippen molar-refractivity contribution in [2.75, 3.05) is 0 Å². The summed E-state index contributed by atoms with van der Waals surface area (Å²) in [5.41, 5.74) is 1.32. The van der Waals surface area contributed by atoms with Gasteiger partial charge in [0.1, 0.15) is 0 Å². The van der Waals surface area contributed by atoms with Gasteiger partial charge >= 0.3 is 0 Å². The van der Waals surface area contributed by atoms with Crippen LogP contribution in [0.3, 0.4) is 0 Å². The van der Waals surface area contributed by atoms with Gasteiger partial charge in [-0.25, -0.2) is 0 Å². The van der Waals surface area contributed by atoms with E-state index in [0.29, 0.717) is 0 Å². The second-order valence-corrected chi connectivity index (χ2v) is 8.34. The molecule has 5 rings (SSSR count). The molecule has 0 saturated carbocycles. The van der Waals surface area contributed by atoms with Crippen LogP contribution in [0.4, 0.5) is 0 Å². The molecule has 0 aliphatic carbocycles. The first-order valence-corrected chi connectivity index (χ1v) is 9.54. The molecule has 0 spiro atoms. The van der Waals surface area contributed by atoms with E-state index >= 15 is 0 Å². The molecule has 0 nitrogen and oxygen atoms in total. The molecule has 0 bridgehead atoms. The van der Waals surface area contributed by atoms with E-state index in [9.17, 15) is 0 Å². The molecule has 110 valence electrons. The smallest absolute Gasteiger partial charge is 0.0434 e. The molecule has 1 aromatic heterocycles. The van der Waals surface area contributed by atoms with Crippen molar-refractivity contribution in [3.63, 3.8) is 0 Å². The fourth-order valence-corrected chi connectivity index (χ4v) is 5.33. The average Bonchev–Trinajstić information content (AvgIpc) is 2.93. The number of fused-ring (bicyclic) bond motifs is 7. The summed E-state index contributed by atoms with van der Waals surface area (Å²) in [4.78, 5) is 0. The Balaban J connectivity index is 2.01. The van der Waals surface area contributed by atoms with Crippen molar-refractivity contribution >= 4 is 75.6 Å².